The maximum atomic E-state index is 11.2. The Morgan fingerprint density at radius 2 is 1.95 bits per heavy atom. The number of benzene rings is 1. The van der Waals surface area contributed by atoms with Gasteiger partial charge in [-0.25, -0.2) is 4.79 Å². The summed E-state index contributed by atoms with van der Waals surface area (Å²) < 4.78 is 6.09. The Hall–Kier alpha value is -1.33. The van der Waals surface area contributed by atoms with Crippen molar-refractivity contribution in [2.45, 2.75) is 51.4 Å². The molecule has 1 atom stereocenters. The van der Waals surface area contributed by atoms with Gasteiger partial charge in [0.15, 0.2) is 5.60 Å². The number of hydrogen-bond donors (Lipinski definition) is 2. The topological polar surface area (TPSA) is 66.8 Å². The van der Waals surface area contributed by atoms with E-state index in [1.165, 1.54) is 6.92 Å². The zero-order valence-electron chi connectivity index (χ0n) is 12.6. The van der Waals surface area contributed by atoms with Gasteiger partial charge in [0, 0.05) is 5.56 Å². The first kappa shape index (κ1) is 16.7. The Morgan fingerprint density at radius 3 is 2.50 bits per heavy atom. The van der Waals surface area contributed by atoms with Crippen molar-refractivity contribution in [3.8, 4) is 5.75 Å². The summed E-state index contributed by atoms with van der Waals surface area (Å²) in [5.74, 6) is -0.797. The molecular weight excluding hydrogens is 272 g/mol. The third-order valence-electron chi connectivity index (χ3n) is 3.35. The summed E-state index contributed by atoms with van der Waals surface area (Å²) in [7, 11) is -1.91. The Kier molecular flexibility index (Phi) is 5.36. The predicted octanol–water partition coefficient (Wildman–Crippen LogP) is 3.36. The molecule has 1 aromatic carbocycles. The van der Waals surface area contributed by atoms with Gasteiger partial charge in [-0.1, -0.05) is 38.0 Å². The average Bonchev–Trinajstić information content (AvgIpc) is 2.36. The SMILES string of the molecule is CCCC[Si](C)(C)Oc1ccccc1C(C)(O)C(=O)O. The molecule has 0 saturated carbocycles. The van der Waals surface area contributed by atoms with E-state index >= 15 is 0 Å². The van der Waals surface area contributed by atoms with Crippen LogP contribution in [0.15, 0.2) is 24.3 Å². The fourth-order valence-electron chi connectivity index (χ4n) is 2.02. The van der Waals surface area contributed by atoms with E-state index in [0.29, 0.717) is 11.3 Å². The summed E-state index contributed by atoms with van der Waals surface area (Å²) >= 11 is 0. The van der Waals surface area contributed by atoms with E-state index in [2.05, 4.69) is 20.0 Å². The van der Waals surface area contributed by atoms with E-state index in [-0.39, 0.29) is 0 Å². The molecule has 112 valence electrons. The molecule has 0 aromatic heterocycles. The largest absolute Gasteiger partial charge is 0.544 e. The van der Waals surface area contributed by atoms with Crippen LogP contribution in [0.5, 0.6) is 5.75 Å². The second kappa shape index (κ2) is 6.41. The summed E-state index contributed by atoms with van der Waals surface area (Å²) in [5.41, 5.74) is -1.63. The van der Waals surface area contributed by atoms with E-state index in [1.807, 2.05) is 0 Å². The summed E-state index contributed by atoms with van der Waals surface area (Å²) in [4.78, 5) is 11.2. The zero-order valence-corrected chi connectivity index (χ0v) is 13.6. The highest BCUT2D eigenvalue weighted by molar-refractivity contribution is 6.71. The lowest BCUT2D eigenvalue weighted by molar-refractivity contribution is -0.157. The Balaban J connectivity index is 3.05. The molecule has 1 unspecified atom stereocenters. The van der Waals surface area contributed by atoms with E-state index < -0.39 is 19.9 Å². The number of aliphatic carboxylic acids is 1. The lowest BCUT2D eigenvalue weighted by atomic mass is 9.95. The van der Waals surface area contributed by atoms with Gasteiger partial charge < -0.3 is 14.6 Å². The van der Waals surface area contributed by atoms with Crippen LogP contribution in [0.4, 0.5) is 0 Å². The van der Waals surface area contributed by atoms with Crippen molar-refractivity contribution >= 4 is 14.3 Å². The van der Waals surface area contributed by atoms with Crippen molar-refractivity contribution in [3.63, 3.8) is 0 Å². The number of aliphatic hydroxyl groups is 1. The molecule has 1 aromatic rings. The highest BCUT2D eigenvalue weighted by atomic mass is 28.4. The lowest BCUT2D eigenvalue weighted by Crippen LogP contribution is -2.37. The van der Waals surface area contributed by atoms with Gasteiger partial charge in [0.2, 0.25) is 8.32 Å². The van der Waals surface area contributed by atoms with Crippen LogP contribution in [-0.2, 0) is 10.4 Å². The van der Waals surface area contributed by atoms with Gasteiger partial charge in [-0.3, -0.25) is 0 Å². The normalized spacial score (nSPS) is 14.7. The maximum Gasteiger partial charge on any atom is 0.340 e. The van der Waals surface area contributed by atoms with Crippen LogP contribution in [0.25, 0.3) is 0 Å². The van der Waals surface area contributed by atoms with Crippen LogP contribution in [-0.4, -0.2) is 24.5 Å². The quantitative estimate of drug-likeness (QED) is 0.757. The van der Waals surface area contributed by atoms with Crippen molar-refractivity contribution in [2.24, 2.45) is 0 Å². The first-order chi connectivity index (χ1) is 9.20. The van der Waals surface area contributed by atoms with Crippen LogP contribution in [0.2, 0.25) is 19.1 Å². The third-order valence-corrected chi connectivity index (χ3v) is 5.68. The average molecular weight is 296 g/mol. The standard InChI is InChI=1S/C15H24O4Si/c1-5-6-11-20(3,4)19-13-10-8-7-9-12(13)15(2,18)14(16)17/h7-10,18H,5-6,11H2,1-4H3,(H,16,17). The molecule has 0 aliphatic rings. The maximum absolute atomic E-state index is 11.2. The molecule has 0 radical (unpaired) electrons. The minimum absolute atomic E-state index is 0.310. The van der Waals surface area contributed by atoms with Crippen molar-refractivity contribution in [1.82, 2.24) is 0 Å². The minimum Gasteiger partial charge on any atom is -0.544 e. The van der Waals surface area contributed by atoms with Crippen molar-refractivity contribution in [3.05, 3.63) is 29.8 Å². The number of para-hydroxylation sites is 1. The Bertz CT molecular complexity index is 469. The Morgan fingerprint density at radius 1 is 1.35 bits per heavy atom. The number of carbonyl (C=O) groups is 1. The zero-order chi connectivity index (χ0) is 15.4. The molecule has 2 N–H and O–H groups in total. The van der Waals surface area contributed by atoms with Gasteiger partial charge in [-0.2, -0.15) is 0 Å². The van der Waals surface area contributed by atoms with E-state index in [4.69, 9.17) is 9.53 Å². The van der Waals surface area contributed by atoms with E-state index in [1.54, 1.807) is 24.3 Å². The molecule has 0 fully saturated rings. The molecule has 0 saturated heterocycles. The van der Waals surface area contributed by atoms with E-state index in [0.717, 1.165) is 18.9 Å². The molecule has 20 heavy (non-hydrogen) atoms. The minimum atomic E-state index is -1.94. The van der Waals surface area contributed by atoms with Crippen LogP contribution >= 0.6 is 0 Å². The molecule has 0 bridgehead atoms. The Labute approximate surface area is 121 Å². The number of hydrogen-bond acceptors (Lipinski definition) is 3. The van der Waals surface area contributed by atoms with Crippen LogP contribution in [0.1, 0.15) is 32.3 Å². The van der Waals surface area contributed by atoms with Crippen molar-refractivity contribution in [1.29, 1.82) is 0 Å². The first-order valence-electron chi connectivity index (χ1n) is 6.95. The third kappa shape index (κ3) is 4.08. The van der Waals surface area contributed by atoms with Gasteiger partial charge in [-0.15, -0.1) is 0 Å². The van der Waals surface area contributed by atoms with Crippen LogP contribution in [0.3, 0.4) is 0 Å². The number of unbranched alkanes of at least 4 members (excludes halogenated alkanes) is 1. The van der Waals surface area contributed by atoms with Gasteiger partial charge in [0.1, 0.15) is 5.75 Å². The number of carboxylic acids is 1. The first-order valence-corrected chi connectivity index (χ1v) is 10.1. The molecule has 5 heteroatoms. The second-order valence-corrected chi connectivity index (χ2v) is 10.1. The summed E-state index contributed by atoms with van der Waals surface area (Å²) in [5, 5.41) is 19.3. The predicted molar refractivity (Wildman–Crippen MR) is 81.5 cm³/mol. The van der Waals surface area contributed by atoms with Gasteiger partial charge in [-0.05, 0) is 32.1 Å². The second-order valence-electron chi connectivity index (χ2n) is 5.84. The van der Waals surface area contributed by atoms with E-state index in [9.17, 15) is 9.90 Å². The highest BCUT2D eigenvalue weighted by Gasteiger charge is 2.36. The molecule has 0 aliphatic heterocycles. The summed E-state index contributed by atoms with van der Waals surface area (Å²) in [6.07, 6.45) is 2.20. The smallest absolute Gasteiger partial charge is 0.340 e. The van der Waals surface area contributed by atoms with Gasteiger partial charge in [0.25, 0.3) is 0 Å². The van der Waals surface area contributed by atoms with Crippen LogP contribution in [0, 0.1) is 0 Å². The highest BCUT2D eigenvalue weighted by Crippen LogP contribution is 2.32. The molecule has 0 spiro atoms. The molecule has 0 heterocycles. The van der Waals surface area contributed by atoms with Gasteiger partial charge in [0.05, 0.1) is 0 Å². The molecule has 1 rings (SSSR count). The fraction of sp³-hybridized carbons (Fsp3) is 0.533. The van der Waals surface area contributed by atoms with Crippen molar-refractivity contribution in [2.75, 3.05) is 0 Å². The molecule has 0 amide bonds. The molecular formula is C15H24O4Si. The lowest BCUT2D eigenvalue weighted by Gasteiger charge is -2.28. The number of carboxylic acid groups (broad SMARTS) is 1. The monoisotopic (exact) mass is 296 g/mol. The molecule has 0 aliphatic carbocycles. The van der Waals surface area contributed by atoms with Gasteiger partial charge >= 0.3 is 5.97 Å². The van der Waals surface area contributed by atoms with Crippen LogP contribution < -0.4 is 4.43 Å². The summed E-state index contributed by atoms with van der Waals surface area (Å²) in [6, 6.07) is 7.84. The molecule has 4 nitrogen and oxygen atoms in total. The number of rotatable bonds is 7. The fourth-order valence-corrected chi connectivity index (χ4v) is 4.10. The summed E-state index contributed by atoms with van der Waals surface area (Å²) in [6.45, 7) is 7.62. The van der Waals surface area contributed by atoms with Crippen molar-refractivity contribution < 1.29 is 19.4 Å².